The molecule has 1 aromatic carbocycles. The quantitative estimate of drug-likeness (QED) is 0.769. The summed E-state index contributed by atoms with van der Waals surface area (Å²) in [5.41, 5.74) is 0. The van der Waals surface area contributed by atoms with E-state index in [2.05, 4.69) is 0 Å². The van der Waals surface area contributed by atoms with Crippen LogP contribution >= 0.6 is 0 Å². The first-order valence-electron chi connectivity index (χ1n) is 4.23. The van der Waals surface area contributed by atoms with Crippen LogP contribution in [0.4, 0.5) is 0 Å². The van der Waals surface area contributed by atoms with Crippen LogP contribution in [0.1, 0.15) is 6.42 Å². The summed E-state index contributed by atoms with van der Waals surface area (Å²) in [7, 11) is 0. The molecule has 15 heavy (non-hydrogen) atoms. The zero-order valence-corrected chi connectivity index (χ0v) is 7.64. The number of hydrogen-bond donors (Lipinski definition) is 2. The van der Waals surface area contributed by atoms with Crippen molar-refractivity contribution in [1.82, 2.24) is 0 Å². The summed E-state index contributed by atoms with van der Waals surface area (Å²) in [6, 6.07) is 4.36. The van der Waals surface area contributed by atoms with Crippen molar-refractivity contribution in [3.63, 3.8) is 0 Å². The zero-order chi connectivity index (χ0) is 10.8. The van der Waals surface area contributed by atoms with Crippen molar-refractivity contribution in [2.45, 2.75) is 6.42 Å². The fourth-order valence-corrected chi connectivity index (χ4v) is 1.20. The molecule has 0 saturated carbocycles. The number of fused-ring (bicyclic) bond motifs is 1. The van der Waals surface area contributed by atoms with Crippen molar-refractivity contribution in [2.75, 3.05) is 0 Å². The number of carbonyl (C=O) groups is 1. The largest absolute Gasteiger partial charge is 0.508 e. The molecular formula is C10H8O5. The highest BCUT2D eigenvalue weighted by atomic mass is 16.6. The van der Waals surface area contributed by atoms with Gasteiger partial charge in [-0.15, -0.1) is 0 Å². The summed E-state index contributed by atoms with van der Waals surface area (Å²) in [5, 5.41) is 17.7. The molecule has 0 aliphatic carbocycles. The van der Waals surface area contributed by atoms with Crippen LogP contribution in [0.25, 0.3) is 0 Å². The molecule has 0 radical (unpaired) electrons. The Bertz CT molecular complexity index is 435. The van der Waals surface area contributed by atoms with Crippen LogP contribution in [0.5, 0.6) is 17.2 Å². The highest BCUT2D eigenvalue weighted by molar-refractivity contribution is 5.69. The second-order valence-corrected chi connectivity index (χ2v) is 3.01. The lowest BCUT2D eigenvalue weighted by atomic mass is 10.2. The molecule has 1 heterocycles. The molecule has 0 aromatic heterocycles. The molecule has 0 atom stereocenters. The van der Waals surface area contributed by atoms with E-state index in [1.54, 1.807) is 6.07 Å². The Morgan fingerprint density at radius 3 is 2.87 bits per heavy atom. The number of carboxylic acids is 1. The van der Waals surface area contributed by atoms with Gasteiger partial charge >= 0.3 is 5.97 Å². The predicted octanol–water partition coefficient (Wildman–Crippen LogP) is 1.48. The maximum absolute atomic E-state index is 10.4. The molecule has 0 spiro atoms. The van der Waals surface area contributed by atoms with E-state index >= 15 is 0 Å². The van der Waals surface area contributed by atoms with Crippen molar-refractivity contribution in [1.29, 1.82) is 0 Å². The van der Waals surface area contributed by atoms with Crippen LogP contribution in [-0.4, -0.2) is 16.2 Å². The summed E-state index contributed by atoms with van der Waals surface area (Å²) in [6.45, 7) is 0. The summed E-state index contributed by atoms with van der Waals surface area (Å²) in [5.74, 6) is -0.0151. The second kappa shape index (κ2) is 3.53. The average Bonchev–Trinajstić information content (AvgIpc) is 2.16. The molecule has 1 aliphatic rings. The van der Waals surface area contributed by atoms with E-state index < -0.39 is 5.97 Å². The first kappa shape index (κ1) is 9.39. The Kier molecular flexibility index (Phi) is 2.21. The minimum Gasteiger partial charge on any atom is -0.508 e. The normalized spacial score (nSPS) is 13.2. The standard InChI is InChI=1S/C10H8O5/c11-6-1-2-8-9(3-6)15-7(5-14-8)4-10(12)13/h1-3,5,11H,4H2,(H,12,13). The summed E-state index contributed by atoms with van der Waals surface area (Å²) in [6.07, 6.45) is 0.989. The van der Waals surface area contributed by atoms with Gasteiger partial charge < -0.3 is 19.7 Å². The SMILES string of the molecule is O=C(O)CC1=COc2ccc(O)cc2O1. The average molecular weight is 208 g/mol. The Labute approximate surface area is 85.2 Å². The van der Waals surface area contributed by atoms with Gasteiger partial charge in [0.15, 0.2) is 17.3 Å². The highest BCUT2D eigenvalue weighted by Gasteiger charge is 2.16. The molecule has 0 unspecified atom stereocenters. The molecule has 0 bridgehead atoms. The predicted molar refractivity (Wildman–Crippen MR) is 49.7 cm³/mol. The van der Waals surface area contributed by atoms with Gasteiger partial charge in [-0.05, 0) is 12.1 Å². The van der Waals surface area contributed by atoms with Gasteiger partial charge in [0.25, 0.3) is 0 Å². The monoisotopic (exact) mass is 208 g/mol. The molecule has 0 saturated heterocycles. The fourth-order valence-electron chi connectivity index (χ4n) is 1.20. The minimum absolute atomic E-state index is 0.0360. The van der Waals surface area contributed by atoms with E-state index in [1.807, 2.05) is 0 Å². The van der Waals surface area contributed by atoms with Gasteiger partial charge in [-0.3, -0.25) is 4.79 Å². The zero-order valence-electron chi connectivity index (χ0n) is 7.64. The molecule has 0 fully saturated rings. The number of aromatic hydroxyl groups is 1. The van der Waals surface area contributed by atoms with Crippen LogP contribution < -0.4 is 9.47 Å². The lowest BCUT2D eigenvalue weighted by molar-refractivity contribution is -0.136. The van der Waals surface area contributed by atoms with E-state index in [9.17, 15) is 9.90 Å². The minimum atomic E-state index is -1.01. The summed E-state index contributed by atoms with van der Waals surface area (Å²) < 4.78 is 10.3. The molecule has 1 aromatic rings. The van der Waals surface area contributed by atoms with Crippen molar-refractivity contribution in [3.05, 3.63) is 30.2 Å². The van der Waals surface area contributed by atoms with Crippen LogP contribution in [0.3, 0.4) is 0 Å². The van der Waals surface area contributed by atoms with Crippen molar-refractivity contribution >= 4 is 5.97 Å². The number of hydrogen-bond acceptors (Lipinski definition) is 4. The number of carboxylic acid groups (broad SMARTS) is 1. The molecule has 5 heteroatoms. The summed E-state index contributed by atoms with van der Waals surface area (Å²) in [4.78, 5) is 10.4. The Morgan fingerprint density at radius 2 is 2.13 bits per heavy atom. The third-order valence-corrected chi connectivity index (χ3v) is 1.81. The van der Waals surface area contributed by atoms with Crippen molar-refractivity contribution < 1.29 is 24.5 Å². The fraction of sp³-hybridized carbons (Fsp3) is 0.100. The van der Waals surface area contributed by atoms with Gasteiger partial charge in [0, 0.05) is 6.07 Å². The van der Waals surface area contributed by atoms with Crippen LogP contribution in [0.15, 0.2) is 30.2 Å². The molecule has 1 aliphatic heterocycles. The van der Waals surface area contributed by atoms with Gasteiger partial charge in [-0.2, -0.15) is 0 Å². The third-order valence-electron chi connectivity index (χ3n) is 1.81. The Morgan fingerprint density at radius 1 is 1.33 bits per heavy atom. The van der Waals surface area contributed by atoms with E-state index in [4.69, 9.17) is 14.6 Å². The lowest BCUT2D eigenvalue weighted by Gasteiger charge is -2.17. The lowest BCUT2D eigenvalue weighted by Crippen LogP contribution is -2.09. The Balaban J connectivity index is 2.21. The highest BCUT2D eigenvalue weighted by Crippen LogP contribution is 2.35. The third kappa shape index (κ3) is 2.01. The molecule has 2 N–H and O–H groups in total. The molecule has 0 amide bonds. The van der Waals surface area contributed by atoms with Crippen molar-refractivity contribution in [3.8, 4) is 17.2 Å². The van der Waals surface area contributed by atoms with Crippen LogP contribution in [0.2, 0.25) is 0 Å². The first-order valence-corrected chi connectivity index (χ1v) is 4.23. The number of phenols is 1. The molecule has 5 nitrogen and oxygen atoms in total. The number of rotatable bonds is 2. The van der Waals surface area contributed by atoms with Gasteiger partial charge in [-0.1, -0.05) is 0 Å². The van der Waals surface area contributed by atoms with Crippen LogP contribution in [-0.2, 0) is 4.79 Å². The molecule has 2 rings (SSSR count). The van der Waals surface area contributed by atoms with E-state index in [1.165, 1.54) is 18.4 Å². The van der Waals surface area contributed by atoms with Gasteiger partial charge in [-0.25, -0.2) is 0 Å². The smallest absolute Gasteiger partial charge is 0.311 e. The number of ether oxygens (including phenoxy) is 2. The molecular weight excluding hydrogens is 200 g/mol. The number of phenolic OH excluding ortho intramolecular Hbond substituents is 1. The topological polar surface area (TPSA) is 76.0 Å². The van der Waals surface area contributed by atoms with Gasteiger partial charge in [0.2, 0.25) is 0 Å². The number of aliphatic carboxylic acids is 1. The van der Waals surface area contributed by atoms with Crippen LogP contribution in [0, 0.1) is 0 Å². The van der Waals surface area contributed by atoms with E-state index in [0.29, 0.717) is 11.5 Å². The van der Waals surface area contributed by atoms with E-state index in [-0.39, 0.29) is 17.9 Å². The Hall–Kier alpha value is -2.17. The summed E-state index contributed by atoms with van der Waals surface area (Å²) >= 11 is 0. The number of benzene rings is 1. The maximum Gasteiger partial charge on any atom is 0.311 e. The van der Waals surface area contributed by atoms with Crippen molar-refractivity contribution in [2.24, 2.45) is 0 Å². The first-order chi connectivity index (χ1) is 7.15. The van der Waals surface area contributed by atoms with Gasteiger partial charge in [0.05, 0.1) is 0 Å². The van der Waals surface area contributed by atoms with E-state index in [0.717, 1.165) is 0 Å². The maximum atomic E-state index is 10.4. The second-order valence-electron chi connectivity index (χ2n) is 3.01. The molecule has 78 valence electrons. The van der Waals surface area contributed by atoms with Gasteiger partial charge in [0.1, 0.15) is 18.4 Å².